The third kappa shape index (κ3) is 10.1. The molecule has 0 amide bonds. The molecule has 0 aliphatic carbocycles. The second-order valence-corrected chi connectivity index (χ2v) is 6.80. The summed E-state index contributed by atoms with van der Waals surface area (Å²) in [5.74, 6) is -4.03. The van der Waals surface area contributed by atoms with Crippen LogP contribution < -0.4 is 0 Å². The molecule has 0 aromatic heterocycles. The summed E-state index contributed by atoms with van der Waals surface area (Å²) >= 11 is 0. The van der Waals surface area contributed by atoms with E-state index in [2.05, 4.69) is 17.9 Å². The molecule has 0 aromatic carbocycles. The molecule has 0 radical (unpaired) electrons. The van der Waals surface area contributed by atoms with Crippen molar-refractivity contribution in [2.45, 2.75) is 20.8 Å². The first-order valence-electron chi connectivity index (χ1n) is 6.56. The van der Waals surface area contributed by atoms with Crippen molar-refractivity contribution in [1.82, 2.24) is 0 Å². The number of carbonyl (C=O) groups is 3. The Bertz CT molecular complexity index is 621. The molecule has 0 saturated carbocycles. The van der Waals surface area contributed by atoms with Gasteiger partial charge in [0.15, 0.2) is 0 Å². The van der Waals surface area contributed by atoms with Gasteiger partial charge in [0.1, 0.15) is 18.6 Å². The van der Waals surface area contributed by atoms with Crippen LogP contribution in [0.25, 0.3) is 0 Å². The summed E-state index contributed by atoms with van der Waals surface area (Å²) in [7, 11) is -4.56. The molecule has 25 heavy (non-hydrogen) atoms. The van der Waals surface area contributed by atoms with Crippen molar-refractivity contribution in [3.8, 4) is 0 Å². The van der Waals surface area contributed by atoms with Crippen molar-refractivity contribution >= 4 is 46.9 Å². The van der Waals surface area contributed by atoms with E-state index < -0.39 is 52.6 Å². The Hall–Kier alpha value is -1.60. The van der Waals surface area contributed by atoms with Crippen LogP contribution in [0.3, 0.4) is 0 Å². The molecule has 0 heterocycles. The summed E-state index contributed by atoms with van der Waals surface area (Å²) < 4.78 is 44.1. The summed E-state index contributed by atoms with van der Waals surface area (Å²) in [6.07, 6.45) is 0. The summed E-state index contributed by atoms with van der Waals surface area (Å²) in [5, 5.41) is 0. The molecule has 138 valence electrons. The van der Waals surface area contributed by atoms with Gasteiger partial charge < -0.3 is 14.2 Å². The van der Waals surface area contributed by atoms with Crippen LogP contribution in [0.2, 0.25) is 0 Å². The van der Waals surface area contributed by atoms with Gasteiger partial charge in [0.25, 0.3) is 0 Å². The molecule has 0 unspecified atom stereocenters. The number of ether oxygens (including phenoxy) is 3. The monoisotopic (exact) mass is 372 g/mol. The zero-order valence-corrected chi connectivity index (χ0v) is 14.5. The number of esters is 3. The molecule has 0 atom stereocenters. The molecule has 0 fully saturated rings. The first-order chi connectivity index (χ1) is 10.8. The zero-order valence-electron chi connectivity index (χ0n) is 13.7. The molecule has 0 aliphatic rings. The normalized spacial score (nSPS) is 10.9. The van der Waals surface area contributed by atoms with E-state index in [9.17, 15) is 22.8 Å². The maximum atomic E-state index is 12.1. The van der Waals surface area contributed by atoms with E-state index in [1.54, 1.807) is 0 Å². The standard InChI is InChI=1S/C14H20O9S.Li.H/c1-9(2)11(15)21-6-14(5,7-22-12(16)10(3)4)13(17)23-8-24(18,19)20;;/h1,3,6-8H2,2,4-5H3,(H,18,19,20);;. The van der Waals surface area contributed by atoms with Gasteiger partial charge >= 0.3 is 46.9 Å². The molecule has 0 aromatic rings. The van der Waals surface area contributed by atoms with Crippen molar-refractivity contribution in [3.05, 3.63) is 24.3 Å². The second-order valence-electron chi connectivity index (χ2n) is 5.41. The quantitative estimate of drug-likeness (QED) is 0.195. The first kappa shape index (κ1) is 25.6. The van der Waals surface area contributed by atoms with Crippen molar-refractivity contribution < 1.29 is 41.6 Å². The topological polar surface area (TPSA) is 133 Å². The van der Waals surface area contributed by atoms with E-state index in [0.29, 0.717) is 0 Å². The fraction of sp³-hybridized carbons (Fsp3) is 0.500. The van der Waals surface area contributed by atoms with Crippen LogP contribution in [0.15, 0.2) is 24.3 Å². The van der Waals surface area contributed by atoms with Gasteiger partial charge in [-0.15, -0.1) is 0 Å². The molecule has 0 bridgehead atoms. The van der Waals surface area contributed by atoms with Gasteiger partial charge in [-0.3, -0.25) is 9.35 Å². The Morgan fingerprint density at radius 3 is 1.60 bits per heavy atom. The summed E-state index contributed by atoms with van der Waals surface area (Å²) in [4.78, 5) is 34.9. The molecular weight excluding hydrogens is 351 g/mol. The van der Waals surface area contributed by atoms with Gasteiger partial charge in [-0.05, 0) is 20.8 Å². The van der Waals surface area contributed by atoms with Crippen LogP contribution in [0.5, 0.6) is 0 Å². The van der Waals surface area contributed by atoms with Gasteiger partial charge in [0.2, 0.25) is 5.94 Å². The van der Waals surface area contributed by atoms with E-state index in [-0.39, 0.29) is 30.0 Å². The Morgan fingerprint density at radius 1 is 0.960 bits per heavy atom. The minimum atomic E-state index is -4.56. The Morgan fingerprint density at radius 2 is 1.32 bits per heavy atom. The number of rotatable bonds is 9. The van der Waals surface area contributed by atoms with Crippen molar-refractivity contribution in [1.29, 1.82) is 0 Å². The second kappa shape index (κ2) is 10.4. The Balaban J connectivity index is 0. The van der Waals surface area contributed by atoms with Crippen LogP contribution in [0, 0.1) is 5.41 Å². The molecule has 0 aliphatic heterocycles. The maximum absolute atomic E-state index is 12.1. The minimum absolute atomic E-state index is 0. The fourth-order valence-electron chi connectivity index (χ4n) is 1.16. The van der Waals surface area contributed by atoms with Crippen molar-refractivity contribution in [2.24, 2.45) is 5.41 Å². The van der Waals surface area contributed by atoms with Gasteiger partial charge in [-0.2, -0.15) is 8.42 Å². The molecule has 1 N–H and O–H groups in total. The third-order valence-electron chi connectivity index (χ3n) is 2.57. The van der Waals surface area contributed by atoms with Crippen LogP contribution in [-0.4, -0.2) is 68.9 Å². The van der Waals surface area contributed by atoms with E-state index in [4.69, 9.17) is 14.0 Å². The summed E-state index contributed by atoms with van der Waals surface area (Å²) in [5.41, 5.74) is -1.55. The predicted molar refractivity (Wildman–Crippen MR) is 89.3 cm³/mol. The molecule has 9 nitrogen and oxygen atoms in total. The SMILES string of the molecule is C=C(C)C(=O)OCC(C)(COC(=O)C(=C)C)C(=O)OCS(=O)(=O)O.[LiH]. The summed E-state index contributed by atoms with van der Waals surface area (Å²) in [6, 6.07) is 0. The van der Waals surface area contributed by atoms with E-state index in [1.165, 1.54) is 20.8 Å². The Kier molecular flexibility index (Phi) is 10.7. The first-order valence-corrected chi connectivity index (χ1v) is 8.17. The molecule has 11 heteroatoms. The molecular formula is C14H21LiO9S. The third-order valence-corrected chi connectivity index (χ3v) is 2.99. The van der Waals surface area contributed by atoms with Crippen LogP contribution >= 0.6 is 0 Å². The van der Waals surface area contributed by atoms with Gasteiger partial charge in [0, 0.05) is 11.1 Å². The van der Waals surface area contributed by atoms with Gasteiger partial charge in [-0.25, -0.2) is 9.59 Å². The number of hydrogen-bond acceptors (Lipinski definition) is 8. The fourth-order valence-corrected chi connectivity index (χ4v) is 1.41. The zero-order chi connectivity index (χ0) is 19.1. The van der Waals surface area contributed by atoms with Gasteiger partial charge in [-0.1, -0.05) is 13.2 Å². The average Bonchev–Trinajstić information content (AvgIpc) is 2.46. The van der Waals surface area contributed by atoms with Crippen molar-refractivity contribution in [3.63, 3.8) is 0 Å². The van der Waals surface area contributed by atoms with E-state index in [0.717, 1.165) is 0 Å². The van der Waals surface area contributed by atoms with Gasteiger partial charge in [0.05, 0.1) is 0 Å². The van der Waals surface area contributed by atoms with E-state index in [1.807, 2.05) is 0 Å². The van der Waals surface area contributed by atoms with Crippen LogP contribution in [0.1, 0.15) is 20.8 Å². The predicted octanol–water partition coefficient (Wildman–Crippen LogP) is -0.0287. The molecule has 0 spiro atoms. The van der Waals surface area contributed by atoms with Crippen molar-refractivity contribution in [2.75, 3.05) is 19.2 Å². The van der Waals surface area contributed by atoms with Crippen LogP contribution in [0.4, 0.5) is 0 Å². The Labute approximate surface area is 158 Å². The molecule has 0 saturated heterocycles. The average molecular weight is 372 g/mol. The van der Waals surface area contributed by atoms with E-state index >= 15 is 0 Å². The number of carbonyl (C=O) groups excluding carboxylic acids is 3. The van der Waals surface area contributed by atoms with Crippen LogP contribution in [-0.2, 0) is 38.7 Å². The number of hydrogen-bond donors (Lipinski definition) is 1. The summed E-state index contributed by atoms with van der Waals surface area (Å²) in [6.45, 7) is 9.61. The molecule has 0 rings (SSSR count).